The van der Waals surface area contributed by atoms with Crippen LogP contribution < -0.4 is 4.90 Å². The van der Waals surface area contributed by atoms with E-state index in [1.165, 1.54) is 17.6 Å². The molecule has 0 N–H and O–H groups in total. The third-order valence-electron chi connectivity index (χ3n) is 4.79. The minimum absolute atomic E-state index is 0.0399. The van der Waals surface area contributed by atoms with E-state index in [0.29, 0.717) is 17.8 Å². The van der Waals surface area contributed by atoms with Gasteiger partial charge in [0.25, 0.3) is 0 Å². The number of esters is 1. The van der Waals surface area contributed by atoms with E-state index in [-0.39, 0.29) is 11.9 Å². The molecule has 2 heterocycles. The molecule has 1 atom stereocenters. The van der Waals surface area contributed by atoms with Crippen molar-refractivity contribution in [3.05, 3.63) is 51.7 Å². The fourth-order valence-electron chi connectivity index (χ4n) is 3.24. The fourth-order valence-corrected chi connectivity index (χ4v) is 4.20. The van der Waals surface area contributed by atoms with Crippen LogP contribution in [0.25, 0.3) is 0 Å². The highest BCUT2D eigenvalue weighted by Crippen LogP contribution is 2.32. The Morgan fingerprint density at radius 2 is 2.08 bits per heavy atom. The third-order valence-corrected chi connectivity index (χ3v) is 5.78. The quantitative estimate of drug-likeness (QED) is 0.788. The minimum atomic E-state index is -0.440. The van der Waals surface area contributed by atoms with Gasteiger partial charge in [0.05, 0.1) is 24.9 Å². The molecular weight excluding hydrogens is 336 g/mol. The molecule has 6 heteroatoms. The van der Waals surface area contributed by atoms with Gasteiger partial charge in [0, 0.05) is 24.5 Å². The molecule has 2 aromatic rings. The van der Waals surface area contributed by atoms with Crippen LogP contribution in [-0.4, -0.2) is 44.0 Å². The molecule has 0 spiro atoms. The van der Waals surface area contributed by atoms with E-state index in [9.17, 15) is 9.59 Å². The Labute approximate surface area is 151 Å². The van der Waals surface area contributed by atoms with Crippen LogP contribution in [0.3, 0.4) is 0 Å². The summed E-state index contributed by atoms with van der Waals surface area (Å²) in [5, 5.41) is 2.12. The molecule has 1 aromatic carbocycles. The molecular formula is C19H22N2O3S. The van der Waals surface area contributed by atoms with Gasteiger partial charge >= 0.3 is 5.97 Å². The van der Waals surface area contributed by atoms with Crippen molar-refractivity contribution in [1.29, 1.82) is 0 Å². The monoisotopic (exact) mass is 358 g/mol. The molecule has 132 valence electrons. The molecule has 0 radical (unpaired) electrons. The Morgan fingerprint density at radius 3 is 2.84 bits per heavy atom. The van der Waals surface area contributed by atoms with Crippen molar-refractivity contribution in [3.63, 3.8) is 0 Å². The summed E-state index contributed by atoms with van der Waals surface area (Å²) in [6, 6.07) is 9.39. The maximum absolute atomic E-state index is 12.8. The van der Waals surface area contributed by atoms with Crippen LogP contribution in [0.2, 0.25) is 0 Å². The SMILES string of the molecule is COC(=O)c1ccccc1N(C)C(=O)CN1CCc2sccc2[C@@H]1C. The van der Waals surface area contributed by atoms with Crippen molar-refractivity contribution < 1.29 is 14.3 Å². The highest BCUT2D eigenvalue weighted by molar-refractivity contribution is 7.10. The van der Waals surface area contributed by atoms with Crippen LogP contribution >= 0.6 is 11.3 Å². The average Bonchev–Trinajstić information content (AvgIpc) is 3.12. The molecule has 1 amide bonds. The molecule has 0 aliphatic carbocycles. The molecule has 0 bridgehead atoms. The van der Waals surface area contributed by atoms with Crippen molar-refractivity contribution in [3.8, 4) is 0 Å². The number of carbonyl (C=O) groups excluding carboxylic acids is 2. The van der Waals surface area contributed by atoms with Gasteiger partial charge < -0.3 is 9.64 Å². The largest absolute Gasteiger partial charge is 0.465 e. The number of fused-ring (bicyclic) bond motifs is 1. The summed E-state index contributed by atoms with van der Waals surface area (Å²) in [6.45, 7) is 3.33. The van der Waals surface area contributed by atoms with Crippen LogP contribution in [0.4, 0.5) is 5.69 Å². The number of methoxy groups -OCH3 is 1. The molecule has 1 aromatic heterocycles. The number of rotatable bonds is 4. The lowest BCUT2D eigenvalue weighted by Crippen LogP contribution is -2.42. The zero-order valence-electron chi connectivity index (χ0n) is 14.7. The van der Waals surface area contributed by atoms with Gasteiger partial charge in [0.2, 0.25) is 5.91 Å². The van der Waals surface area contributed by atoms with E-state index in [2.05, 4.69) is 23.3 Å². The van der Waals surface area contributed by atoms with E-state index in [1.54, 1.807) is 41.5 Å². The number of ether oxygens (including phenoxy) is 1. The predicted octanol–water partition coefficient (Wildman–Crippen LogP) is 3.12. The fraction of sp³-hybridized carbons (Fsp3) is 0.368. The van der Waals surface area contributed by atoms with Crippen LogP contribution in [0.5, 0.6) is 0 Å². The number of anilines is 1. The number of hydrogen-bond acceptors (Lipinski definition) is 5. The Morgan fingerprint density at radius 1 is 1.32 bits per heavy atom. The van der Waals surface area contributed by atoms with Gasteiger partial charge in [0.15, 0.2) is 0 Å². The average molecular weight is 358 g/mol. The Kier molecular flexibility index (Phi) is 5.20. The summed E-state index contributed by atoms with van der Waals surface area (Å²) < 4.78 is 4.82. The normalized spacial score (nSPS) is 17.0. The van der Waals surface area contributed by atoms with E-state index in [0.717, 1.165) is 13.0 Å². The summed E-state index contributed by atoms with van der Waals surface area (Å²) >= 11 is 1.79. The van der Waals surface area contributed by atoms with Crippen LogP contribution in [0.1, 0.15) is 33.8 Å². The number of nitrogens with zero attached hydrogens (tertiary/aromatic N) is 2. The lowest BCUT2D eigenvalue weighted by molar-refractivity contribution is -0.120. The van der Waals surface area contributed by atoms with Crippen LogP contribution in [0, 0.1) is 0 Å². The molecule has 0 fully saturated rings. The van der Waals surface area contributed by atoms with Gasteiger partial charge in [0.1, 0.15) is 0 Å². The zero-order valence-corrected chi connectivity index (χ0v) is 15.5. The molecule has 1 aliphatic heterocycles. The second kappa shape index (κ2) is 7.37. The number of likely N-dealkylation sites (N-methyl/N-ethyl adjacent to an activating group) is 1. The number of amides is 1. The first-order valence-electron chi connectivity index (χ1n) is 8.27. The van der Waals surface area contributed by atoms with Crippen molar-refractivity contribution in [1.82, 2.24) is 4.90 Å². The summed E-state index contributed by atoms with van der Waals surface area (Å²) in [4.78, 5) is 29.9. The molecule has 0 saturated carbocycles. The molecule has 5 nitrogen and oxygen atoms in total. The molecule has 3 rings (SSSR count). The number of thiophene rings is 1. The van der Waals surface area contributed by atoms with E-state index in [1.807, 2.05) is 6.07 Å². The molecule has 0 saturated heterocycles. The van der Waals surface area contributed by atoms with Crippen LogP contribution in [-0.2, 0) is 16.0 Å². The standard InChI is InChI=1S/C19H22N2O3S/c1-13-14-9-11-25-17(14)8-10-21(13)12-18(22)20(2)16-7-5-4-6-15(16)19(23)24-3/h4-7,9,11,13H,8,10,12H2,1-3H3/t13-/m0/s1. The summed E-state index contributed by atoms with van der Waals surface area (Å²) in [5.74, 6) is -0.480. The van der Waals surface area contributed by atoms with Crippen molar-refractivity contribution in [2.24, 2.45) is 0 Å². The second-order valence-corrected chi connectivity index (χ2v) is 7.16. The summed E-state index contributed by atoms with van der Waals surface area (Å²) in [5.41, 5.74) is 2.29. The van der Waals surface area contributed by atoms with E-state index < -0.39 is 5.97 Å². The minimum Gasteiger partial charge on any atom is -0.465 e. The van der Waals surface area contributed by atoms with Gasteiger partial charge in [-0.2, -0.15) is 0 Å². The maximum atomic E-state index is 12.8. The summed E-state index contributed by atoms with van der Waals surface area (Å²) in [7, 11) is 3.05. The lowest BCUT2D eigenvalue weighted by Gasteiger charge is -2.34. The topological polar surface area (TPSA) is 49.9 Å². The number of hydrogen-bond donors (Lipinski definition) is 0. The van der Waals surface area contributed by atoms with Crippen molar-refractivity contribution in [2.45, 2.75) is 19.4 Å². The smallest absolute Gasteiger partial charge is 0.339 e. The lowest BCUT2D eigenvalue weighted by atomic mass is 10.0. The first kappa shape index (κ1) is 17.6. The number of benzene rings is 1. The first-order valence-corrected chi connectivity index (χ1v) is 9.15. The third kappa shape index (κ3) is 3.45. The predicted molar refractivity (Wildman–Crippen MR) is 99.2 cm³/mol. The van der Waals surface area contributed by atoms with E-state index >= 15 is 0 Å². The molecule has 1 aliphatic rings. The molecule has 25 heavy (non-hydrogen) atoms. The Hall–Kier alpha value is -2.18. The Bertz CT molecular complexity index is 786. The van der Waals surface area contributed by atoms with Gasteiger partial charge in [-0.1, -0.05) is 12.1 Å². The molecule has 0 unspecified atom stereocenters. The van der Waals surface area contributed by atoms with Crippen LogP contribution in [0.15, 0.2) is 35.7 Å². The highest BCUT2D eigenvalue weighted by atomic mass is 32.1. The number of para-hydroxylation sites is 1. The maximum Gasteiger partial charge on any atom is 0.339 e. The van der Waals surface area contributed by atoms with Gasteiger partial charge in [-0.25, -0.2) is 4.79 Å². The van der Waals surface area contributed by atoms with Gasteiger partial charge in [-0.3, -0.25) is 9.69 Å². The summed E-state index contributed by atoms with van der Waals surface area (Å²) in [6.07, 6.45) is 0.979. The van der Waals surface area contributed by atoms with E-state index in [4.69, 9.17) is 4.74 Å². The Balaban J connectivity index is 1.75. The first-order chi connectivity index (χ1) is 12.0. The van der Waals surface area contributed by atoms with Gasteiger partial charge in [-0.05, 0) is 42.5 Å². The number of carbonyl (C=O) groups is 2. The van der Waals surface area contributed by atoms with Crippen molar-refractivity contribution >= 4 is 28.9 Å². The highest BCUT2D eigenvalue weighted by Gasteiger charge is 2.28. The van der Waals surface area contributed by atoms with Crippen molar-refractivity contribution in [2.75, 3.05) is 32.1 Å². The second-order valence-electron chi connectivity index (χ2n) is 6.16. The zero-order chi connectivity index (χ0) is 18.0. The van der Waals surface area contributed by atoms with Gasteiger partial charge in [-0.15, -0.1) is 11.3 Å².